The van der Waals surface area contributed by atoms with Gasteiger partial charge in [-0.1, -0.05) is 25.7 Å². The minimum Gasteiger partial charge on any atom is -0.359 e. The van der Waals surface area contributed by atoms with Gasteiger partial charge in [-0.05, 0) is 25.2 Å². The fourth-order valence-electron chi connectivity index (χ4n) is 3.03. The number of aromatic nitrogens is 2. The van der Waals surface area contributed by atoms with Crippen LogP contribution in [0, 0.1) is 5.92 Å². The average Bonchev–Trinajstić information content (AvgIpc) is 3.08. The largest absolute Gasteiger partial charge is 0.359 e. The van der Waals surface area contributed by atoms with Crippen LogP contribution >= 0.6 is 0 Å². The molecule has 136 valence electrons. The molecule has 0 radical (unpaired) electrons. The van der Waals surface area contributed by atoms with E-state index < -0.39 is 0 Å². The van der Waals surface area contributed by atoms with Crippen molar-refractivity contribution in [3.8, 4) is 0 Å². The standard InChI is InChI=1S/C20H25N5O/c1-5-25(10-6-9-21-3)16-7-8-18-17(12-16)19(24-23-18)15-11-14(2)20(26-4)22-13-15/h5-8,10-14,20-21H,1,9H2,2-4H3,(H,23,24). The molecule has 0 fully saturated rings. The van der Waals surface area contributed by atoms with Gasteiger partial charge in [-0.15, -0.1) is 0 Å². The van der Waals surface area contributed by atoms with Gasteiger partial charge in [0.25, 0.3) is 0 Å². The SMILES string of the molecule is C=CN(C=CCNC)c1ccc2[nH]nc(C3=CC(C)C(OC)N=C3)c2c1. The first-order chi connectivity index (χ1) is 12.7. The second-order valence-corrected chi connectivity index (χ2v) is 6.22. The van der Waals surface area contributed by atoms with Crippen molar-refractivity contribution in [1.82, 2.24) is 15.5 Å². The summed E-state index contributed by atoms with van der Waals surface area (Å²) >= 11 is 0. The molecule has 1 aromatic carbocycles. The van der Waals surface area contributed by atoms with Crippen molar-refractivity contribution in [2.75, 3.05) is 25.6 Å². The Bertz CT molecular complexity index is 864. The van der Waals surface area contributed by atoms with Crippen molar-refractivity contribution in [3.05, 3.63) is 55.0 Å². The summed E-state index contributed by atoms with van der Waals surface area (Å²) in [6.07, 6.45) is 9.70. The summed E-state index contributed by atoms with van der Waals surface area (Å²) in [7, 11) is 3.60. The zero-order chi connectivity index (χ0) is 18.5. The molecular weight excluding hydrogens is 326 g/mol. The minimum absolute atomic E-state index is 0.131. The fraction of sp³-hybridized carbons (Fsp3) is 0.300. The van der Waals surface area contributed by atoms with E-state index in [1.165, 1.54) is 0 Å². The topological polar surface area (TPSA) is 65.5 Å². The third-order valence-electron chi connectivity index (χ3n) is 4.40. The molecule has 2 N–H and O–H groups in total. The number of likely N-dealkylation sites (N-methyl/N-ethyl adjacent to an activating group) is 1. The molecule has 1 aliphatic rings. The number of rotatable bonds is 7. The molecule has 26 heavy (non-hydrogen) atoms. The smallest absolute Gasteiger partial charge is 0.153 e. The summed E-state index contributed by atoms with van der Waals surface area (Å²) in [5.74, 6) is 0.198. The number of hydrogen-bond donors (Lipinski definition) is 2. The first-order valence-electron chi connectivity index (χ1n) is 8.66. The Balaban J connectivity index is 1.96. The van der Waals surface area contributed by atoms with Gasteiger partial charge < -0.3 is 15.0 Å². The zero-order valence-corrected chi connectivity index (χ0v) is 15.4. The lowest BCUT2D eigenvalue weighted by atomic mass is 9.99. The van der Waals surface area contributed by atoms with E-state index in [-0.39, 0.29) is 12.1 Å². The van der Waals surface area contributed by atoms with Gasteiger partial charge in [0, 0.05) is 54.8 Å². The molecule has 0 bridgehead atoms. The molecule has 0 saturated carbocycles. The number of methoxy groups -OCH3 is 1. The number of hydrogen-bond acceptors (Lipinski definition) is 5. The number of aromatic amines is 1. The normalized spacial score (nSPS) is 19.9. The van der Waals surface area contributed by atoms with E-state index in [2.05, 4.69) is 46.2 Å². The molecule has 2 atom stereocenters. The van der Waals surface area contributed by atoms with Crippen LogP contribution in [-0.2, 0) is 4.74 Å². The number of dihydropyridines is 1. The number of anilines is 1. The zero-order valence-electron chi connectivity index (χ0n) is 15.4. The number of benzene rings is 1. The number of nitrogens with one attached hydrogen (secondary N) is 2. The van der Waals surface area contributed by atoms with E-state index >= 15 is 0 Å². The second-order valence-electron chi connectivity index (χ2n) is 6.22. The number of fused-ring (bicyclic) bond motifs is 1. The molecule has 1 aromatic heterocycles. The van der Waals surface area contributed by atoms with Crippen LogP contribution in [0.25, 0.3) is 16.5 Å². The van der Waals surface area contributed by atoms with E-state index in [4.69, 9.17) is 4.74 Å². The Morgan fingerprint density at radius 3 is 2.96 bits per heavy atom. The maximum atomic E-state index is 5.37. The third kappa shape index (κ3) is 3.61. The highest BCUT2D eigenvalue weighted by Gasteiger charge is 2.20. The average molecular weight is 351 g/mol. The summed E-state index contributed by atoms with van der Waals surface area (Å²) < 4.78 is 5.37. The number of ether oxygens (including phenoxy) is 1. The van der Waals surface area contributed by atoms with Gasteiger partial charge in [0.2, 0.25) is 0 Å². The van der Waals surface area contributed by atoms with Gasteiger partial charge in [-0.25, -0.2) is 0 Å². The van der Waals surface area contributed by atoms with Crippen molar-refractivity contribution in [3.63, 3.8) is 0 Å². The molecule has 1 aliphatic heterocycles. The minimum atomic E-state index is -0.131. The molecule has 0 aliphatic carbocycles. The Labute approximate surface area is 153 Å². The molecule has 0 spiro atoms. The number of allylic oxidation sites excluding steroid dienone is 1. The maximum Gasteiger partial charge on any atom is 0.153 e. The maximum absolute atomic E-state index is 5.37. The monoisotopic (exact) mass is 351 g/mol. The molecule has 6 nitrogen and oxygen atoms in total. The van der Waals surface area contributed by atoms with Crippen LogP contribution in [0.2, 0.25) is 0 Å². The quantitative estimate of drug-likeness (QED) is 0.803. The molecule has 2 heterocycles. The Kier molecular flexibility index (Phi) is 5.65. The summed E-state index contributed by atoms with van der Waals surface area (Å²) in [4.78, 5) is 6.47. The summed E-state index contributed by atoms with van der Waals surface area (Å²) in [6, 6.07) is 6.19. The number of nitrogens with zero attached hydrogens (tertiary/aromatic N) is 3. The summed E-state index contributed by atoms with van der Waals surface area (Å²) in [5, 5.41) is 11.8. The van der Waals surface area contributed by atoms with Crippen LogP contribution in [-0.4, -0.2) is 43.3 Å². The van der Waals surface area contributed by atoms with E-state index in [1.807, 2.05) is 42.6 Å². The third-order valence-corrected chi connectivity index (χ3v) is 4.40. The first-order valence-corrected chi connectivity index (χ1v) is 8.66. The second kappa shape index (κ2) is 8.12. The summed E-state index contributed by atoms with van der Waals surface area (Å²) in [6.45, 7) is 6.80. The number of aliphatic imine (C=N–C) groups is 1. The van der Waals surface area contributed by atoms with E-state index in [9.17, 15) is 0 Å². The van der Waals surface area contributed by atoms with Gasteiger partial charge in [-0.2, -0.15) is 5.10 Å². The van der Waals surface area contributed by atoms with Crippen molar-refractivity contribution >= 4 is 28.4 Å². The Morgan fingerprint density at radius 1 is 1.42 bits per heavy atom. The van der Waals surface area contributed by atoms with Crippen LogP contribution in [0.4, 0.5) is 5.69 Å². The van der Waals surface area contributed by atoms with Gasteiger partial charge in [0.05, 0.1) is 5.52 Å². The van der Waals surface area contributed by atoms with Gasteiger partial charge in [-0.3, -0.25) is 10.1 Å². The van der Waals surface area contributed by atoms with Gasteiger partial charge in [0.15, 0.2) is 6.23 Å². The lowest BCUT2D eigenvalue weighted by Gasteiger charge is -2.20. The van der Waals surface area contributed by atoms with Crippen molar-refractivity contribution in [2.45, 2.75) is 13.2 Å². The van der Waals surface area contributed by atoms with Crippen LogP contribution in [0.5, 0.6) is 0 Å². The Morgan fingerprint density at radius 2 is 2.27 bits per heavy atom. The highest BCUT2D eigenvalue weighted by atomic mass is 16.5. The van der Waals surface area contributed by atoms with Crippen molar-refractivity contribution in [1.29, 1.82) is 0 Å². The van der Waals surface area contributed by atoms with E-state index in [0.29, 0.717) is 0 Å². The molecule has 6 heteroatoms. The molecule has 0 amide bonds. The number of H-pyrrole nitrogens is 1. The summed E-state index contributed by atoms with van der Waals surface area (Å²) in [5.41, 5.74) is 3.92. The van der Waals surface area contributed by atoms with Gasteiger partial charge in [0.1, 0.15) is 5.69 Å². The fourth-order valence-corrected chi connectivity index (χ4v) is 3.03. The molecule has 2 aromatic rings. The van der Waals surface area contributed by atoms with Crippen LogP contribution in [0.15, 0.2) is 54.3 Å². The van der Waals surface area contributed by atoms with Crippen molar-refractivity contribution < 1.29 is 4.74 Å². The first kappa shape index (κ1) is 18.1. The van der Waals surface area contributed by atoms with Crippen LogP contribution < -0.4 is 10.2 Å². The molecular formula is C20H25N5O. The lowest BCUT2D eigenvalue weighted by Crippen LogP contribution is -2.20. The van der Waals surface area contributed by atoms with E-state index in [0.717, 1.165) is 34.4 Å². The Hall–Kier alpha value is -2.70. The van der Waals surface area contributed by atoms with Crippen LogP contribution in [0.1, 0.15) is 12.6 Å². The highest BCUT2D eigenvalue weighted by Crippen LogP contribution is 2.30. The molecule has 3 rings (SSSR count). The molecule has 0 saturated heterocycles. The lowest BCUT2D eigenvalue weighted by molar-refractivity contribution is 0.0817. The van der Waals surface area contributed by atoms with Gasteiger partial charge >= 0.3 is 0 Å². The molecule has 2 unspecified atom stereocenters. The predicted octanol–water partition coefficient (Wildman–Crippen LogP) is 3.32. The van der Waals surface area contributed by atoms with Crippen molar-refractivity contribution in [2.24, 2.45) is 10.9 Å². The van der Waals surface area contributed by atoms with Crippen LogP contribution in [0.3, 0.4) is 0 Å². The predicted molar refractivity (Wildman–Crippen MR) is 108 cm³/mol. The highest BCUT2D eigenvalue weighted by molar-refractivity contribution is 6.14. The van der Waals surface area contributed by atoms with E-state index in [1.54, 1.807) is 13.3 Å².